The maximum absolute atomic E-state index is 14.3. The minimum Gasteiger partial charge on any atom is -0.306 e. The maximum atomic E-state index is 14.3. The lowest BCUT2D eigenvalue weighted by Crippen LogP contribution is -2.25. The fraction of sp³-hybridized carbons (Fsp3) is 0.500. The average Bonchev–Trinajstić information content (AvgIpc) is 2.45. The Morgan fingerprint density at radius 1 is 1.37 bits per heavy atom. The minimum atomic E-state index is -0.137. The number of allylic oxidation sites excluding steroid dienone is 1. The molecule has 0 saturated carbocycles. The van der Waals surface area contributed by atoms with Crippen molar-refractivity contribution in [1.29, 1.82) is 0 Å². The molecule has 1 N–H and O–H groups in total. The van der Waals surface area contributed by atoms with Crippen LogP contribution in [0.4, 0.5) is 4.39 Å². The molecule has 1 atom stereocenters. The van der Waals surface area contributed by atoms with E-state index in [1.165, 1.54) is 18.4 Å². The summed E-state index contributed by atoms with van der Waals surface area (Å²) in [5.41, 5.74) is 2.10. The summed E-state index contributed by atoms with van der Waals surface area (Å²) < 4.78 is 14.9. The van der Waals surface area contributed by atoms with E-state index in [4.69, 9.17) is 0 Å². The summed E-state index contributed by atoms with van der Waals surface area (Å²) in [4.78, 5) is 0. The van der Waals surface area contributed by atoms with E-state index < -0.39 is 0 Å². The molecule has 0 saturated heterocycles. The molecule has 1 aromatic carbocycles. The van der Waals surface area contributed by atoms with E-state index in [1.54, 1.807) is 6.07 Å². The quantitative estimate of drug-likeness (QED) is 0.740. The van der Waals surface area contributed by atoms with Gasteiger partial charge in [-0.05, 0) is 60.6 Å². The maximum Gasteiger partial charge on any atom is 0.142 e. The number of halogens is 2. The number of hydrogen-bond acceptors (Lipinski definition) is 1. The van der Waals surface area contributed by atoms with Crippen LogP contribution in [-0.2, 0) is 0 Å². The number of hydrogen-bond donors (Lipinski definition) is 1. The van der Waals surface area contributed by atoms with E-state index in [-0.39, 0.29) is 11.9 Å². The van der Waals surface area contributed by atoms with Crippen molar-refractivity contribution in [3.05, 3.63) is 45.7 Å². The highest BCUT2D eigenvalue weighted by Crippen LogP contribution is 2.33. The van der Waals surface area contributed by atoms with Crippen LogP contribution in [0.1, 0.15) is 50.6 Å². The van der Waals surface area contributed by atoms with Crippen molar-refractivity contribution in [2.24, 2.45) is 0 Å². The zero-order chi connectivity index (χ0) is 13.7. The van der Waals surface area contributed by atoms with Crippen LogP contribution in [0, 0.1) is 5.82 Å². The lowest BCUT2D eigenvalue weighted by Gasteiger charge is -2.25. The van der Waals surface area contributed by atoms with Gasteiger partial charge >= 0.3 is 0 Å². The Balaban J connectivity index is 2.30. The summed E-state index contributed by atoms with van der Waals surface area (Å²) in [6.45, 7) is 3.05. The van der Waals surface area contributed by atoms with Crippen LogP contribution in [0.5, 0.6) is 0 Å². The van der Waals surface area contributed by atoms with E-state index in [9.17, 15) is 4.39 Å². The first-order valence-electron chi connectivity index (χ1n) is 7.10. The van der Waals surface area contributed by atoms with E-state index >= 15 is 0 Å². The molecule has 0 fully saturated rings. The van der Waals surface area contributed by atoms with Gasteiger partial charge in [-0.15, -0.1) is 0 Å². The van der Waals surface area contributed by atoms with Crippen molar-refractivity contribution < 1.29 is 4.39 Å². The predicted octanol–water partition coefficient (Wildman–Crippen LogP) is 5.13. The Kier molecular flexibility index (Phi) is 5.59. The Bertz CT molecular complexity index is 456. The Labute approximate surface area is 123 Å². The Morgan fingerprint density at radius 2 is 2.21 bits per heavy atom. The van der Waals surface area contributed by atoms with E-state index in [0.717, 1.165) is 31.4 Å². The molecule has 0 spiro atoms. The highest BCUT2D eigenvalue weighted by Gasteiger charge is 2.21. The van der Waals surface area contributed by atoms with Gasteiger partial charge in [0.2, 0.25) is 0 Å². The number of nitrogens with one attached hydrogen (secondary N) is 1. The molecule has 0 amide bonds. The zero-order valence-electron chi connectivity index (χ0n) is 11.4. The van der Waals surface area contributed by atoms with Gasteiger partial charge in [-0.2, -0.15) is 0 Å². The van der Waals surface area contributed by atoms with Crippen LogP contribution in [0.3, 0.4) is 0 Å². The smallest absolute Gasteiger partial charge is 0.142 e. The predicted molar refractivity (Wildman–Crippen MR) is 81.7 cm³/mol. The molecule has 19 heavy (non-hydrogen) atoms. The third kappa shape index (κ3) is 3.67. The lowest BCUT2D eigenvalue weighted by atomic mass is 9.89. The van der Waals surface area contributed by atoms with Crippen LogP contribution in [0.15, 0.2) is 34.3 Å². The second kappa shape index (κ2) is 7.20. The Morgan fingerprint density at radius 3 is 2.89 bits per heavy atom. The van der Waals surface area contributed by atoms with Crippen molar-refractivity contribution in [2.45, 2.75) is 45.1 Å². The molecular formula is C16H21BrFN. The topological polar surface area (TPSA) is 12.0 Å². The van der Waals surface area contributed by atoms with E-state index in [1.807, 2.05) is 12.1 Å². The fourth-order valence-electron chi connectivity index (χ4n) is 2.60. The molecule has 1 aliphatic rings. The Hall–Kier alpha value is -0.670. The largest absolute Gasteiger partial charge is 0.306 e. The fourth-order valence-corrected chi connectivity index (χ4v) is 2.98. The first-order valence-corrected chi connectivity index (χ1v) is 7.89. The van der Waals surface area contributed by atoms with Gasteiger partial charge in [0.1, 0.15) is 5.82 Å². The molecule has 1 aliphatic carbocycles. The molecule has 1 unspecified atom stereocenters. The van der Waals surface area contributed by atoms with Gasteiger partial charge in [0.15, 0.2) is 0 Å². The van der Waals surface area contributed by atoms with Gasteiger partial charge in [0.25, 0.3) is 0 Å². The van der Waals surface area contributed by atoms with Crippen LogP contribution in [0.25, 0.3) is 0 Å². The van der Waals surface area contributed by atoms with Crippen LogP contribution >= 0.6 is 15.9 Å². The van der Waals surface area contributed by atoms with Gasteiger partial charge in [0.05, 0.1) is 10.5 Å². The summed E-state index contributed by atoms with van der Waals surface area (Å²) in [6, 6.07) is 5.58. The SMILES string of the molecule is CCCNC(C1=CCCCC1)c1cccc(Br)c1F. The number of benzene rings is 1. The van der Waals surface area contributed by atoms with E-state index in [2.05, 4.69) is 34.2 Å². The highest BCUT2D eigenvalue weighted by molar-refractivity contribution is 9.10. The molecule has 3 heteroatoms. The lowest BCUT2D eigenvalue weighted by molar-refractivity contribution is 0.514. The average molecular weight is 326 g/mol. The van der Waals surface area contributed by atoms with Crippen molar-refractivity contribution >= 4 is 15.9 Å². The molecule has 0 bridgehead atoms. The normalized spacial score (nSPS) is 17.1. The van der Waals surface area contributed by atoms with Crippen LogP contribution < -0.4 is 5.32 Å². The van der Waals surface area contributed by atoms with Gasteiger partial charge in [0, 0.05) is 5.56 Å². The minimum absolute atomic E-state index is 0.0257. The zero-order valence-corrected chi connectivity index (χ0v) is 13.0. The summed E-state index contributed by atoms with van der Waals surface area (Å²) in [5.74, 6) is -0.137. The molecule has 2 rings (SSSR count). The van der Waals surface area contributed by atoms with Crippen molar-refractivity contribution in [2.75, 3.05) is 6.54 Å². The second-order valence-electron chi connectivity index (χ2n) is 5.06. The highest BCUT2D eigenvalue weighted by atomic mass is 79.9. The summed E-state index contributed by atoms with van der Waals surface area (Å²) in [5, 5.41) is 3.49. The summed E-state index contributed by atoms with van der Waals surface area (Å²) >= 11 is 3.28. The monoisotopic (exact) mass is 325 g/mol. The van der Waals surface area contributed by atoms with Gasteiger partial charge < -0.3 is 5.32 Å². The molecule has 1 nitrogen and oxygen atoms in total. The molecular weight excluding hydrogens is 305 g/mol. The third-order valence-corrected chi connectivity index (χ3v) is 4.20. The van der Waals surface area contributed by atoms with Crippen molar-refractivity contribution in [1.82, 2.24) is 5.32 Å². The van der Waals surface area contributed by atoms with Gasteiger partial charge in [-0.3, -0.25) is 0 Å². The third-order valence-electron chi connectivity index (χ3n) is 3.59. The molecule has 0 heterocycles. The number of rotatable bonds is 5. The van der Waals surface area contributed by atoms with Crippen molar-refractivity contribution in [3.8, 4) is 0 Å². The molecule has 1 aromatic rings. The second-order valence-corrected chi connectivity index (χ2v) is 5.91. The molecule has 0 aliphatic heterocycles. The van der Waals surface area contributed by atoms with E-state index in [0.29, 0.717) is 4.47 Å². The standard InChI is InChI=1S/C16H21BrFN/c1-2-11-19-16(12-7-4-3-5-8-12)13-9-6-10-14(17)15(13)18/h6-7,9-10,16,19H,2-5,8,11H2,1H3. The molecule has 0 radical (unpaired) electrons. The van der Waals surface area contributed by atoms with Crippen molar-refractivity contribution in [3.63, 3.8) is 0 Å². The van der Waals surface area contributed by atoms with Gasteiger partial charge in [-0.1, -0.05) is 30.7 Å². The summed E-state index contributed by atoms with van der Waals surface area (Å²) in [6.07, 6.45) is 8.01. The first kappa shape index (κ1) is 14.7. The van der Waals surface area contributed by atoms with Crippen LogP contribution in [0.2, 0.25) is 0 Å². The molecule has 104 valence electrons. The van der Waals surface area contributed by atoms with Gasteiger partial charge in [-0.25, -0.2) is 4.39 Å². The summed E-state index contributed by atoms with van der Waals surface area (Å²) in [7, 11) is 0. The molecule has 0 aromatic heterocycles. The van der Waals surface area contributed by atoms with Crippen LogP contribution in [-0.4, -0.2) is 6.54 Å². The first-order chi connectivity index (χ1) is 9.24.